The molecule has 0 fully saturated rings. The number of carbonyl (C=O) groups excluding carboxylic acids is 1. The van der Waals surface area contributed by atoms with E-state index in [1.54, 1.807) is 35.6 Å². The highest BCUT2D eigenvalue weighted by Crippen LogP contribution is 2.20. The zero-order valence-electron chi connectivity index (χ0n) is 13.2. The van der Waals surface area contributed by atoms with Crippen molar-refractivity contribution in [1.82, 2.24) is 10.3 Å². The molecule has 0 aliphatic rings. The molecule has 0 aliphatic heterocycles. The maximum absolute atomic E-state index is 12.1. The van der Waals surface area contributed by atoms with Crippen molar-refractivity contribution in [1.29, 1.82) is 5.26 Å². The molecule has 0 aliphatic carbocycles. The molecule has 120 valence electrons. The molecule has 7 heteroatoms. The van der Waals surface area contributed by atoms with Gasteiger partial charge in [0.25, 0.3) is 0 Å². The maximum Gasteiger partial charge on any atom is 0.327 e. The molecule has 1 atom stereocenters. The van der Waals surface area contributed by atoms with E-state index in [2.05, 4.69) is 16.4 Å². The van der Waals surface area contributed by atoms with Gasteiger partial charge in [-0.2, -0.15) is 5.26 Å². The number of methoxy groups -OCH3 is 1. The van der Waals surface area contributed by atoms with Crippen molar-refractivity contribution in [3.8, 4) is 6.07 Å². The SMILES string of the molecule is COC(=O)[C@@H](NCc1csc(N(C)C)n1)c1cccc(C#N)c1. The summed E-state index contributed by atoms with van der Waals surface area (Å²) in [6.07, 6.45) is 0. The van der Waals surface area contributed by atoms with Crippen LogP contribution in [0.1, 0.15) is 22.9 Å². The van der Waals surface area contributed by atoms with Crippen molar-refractivity contribution in [2.75, 3.05) is 26.1 Å². The summed E-state index contributed by atoms with van der Waals surface area (Å²) in [5.41, 5.74) is 2.05. The Balaban J connectivity index is 2.15. The fourth-order valence-corrected chi connectivity index (χ4v) is 2.79. The quantitative estimate of drug-likeness (QED) is 0.817. The summed E-state index contributed by atoms with van der Waals surface area (Å²) in [6.45, 7) is 0.431. The van der Waals surface area contributed by atoms with Gasteiger partial charge in [-0.3, -0.25) is 5.32 Å². The molecule has 0 saturated carbocycles. The highest BCUT2D eigenvalue weighted by Gasteiger charge is 2.21. The van der Waals surface area contributed by atoms with Gasteiger partial charge in [0.15, 0.2) is 5.13 Å². The van der Waals surface area contributed by atoms with E-state index >= 15 is 0 Å². The van der Waals surface area contributed by atoms with Gasteiger partial charge in [0, 0.05) is 26.0 Å². The summed E-state index contributed by atoms with van der Waals surface area (Å²) in [5.74, 6) is -0.400. The highest BCUT2D eigenvalue weighted by molar-refractivity contribution is 7.13. The summed E-state index contributed by atoms with van der Waals surface area (Å²) in [6, 6.07) is 8.35. The summed E-state index contributed by atoms with van der Waals surface area (Å²) < 4.78 is 4.86. The summed E-state index contributed by atoms with van der Waals surface area (Å²) in [7, 11) is 5.21. The van der Waals surface area contributed by atoms with Crippen molar-refractivity contribution in [3.63, 3.8) is 0 Å². The molecule has 0 unspecified atom stereocenters. The predicted molar refractivity (Wildman–Crippen MR) is 89.2 cm³/mol. The highest BCUT2D eigenvalue weighted by atomic mass is 32.1. The molecule has 2 aromatic rings. The van der Waals surface area contributed by atoms with Crippen LogP contribution in [0.2, 0.25) is 0 Å². The van der Waals surface area contributed by atoms with Gasteiger partial charge < -0.3 is 9.64 Å². The van der Waals surface area contributed by atoms with E-state index in [9.17, 15) is 4.79 Å². The standard InChI is InChI=1S/C16H18N4O2S/c1-20(2)16-19-13(10-23-16)9-18-14(15(21)22-3)12-6-4-5-11(7-12)8-17/h4-7,10,14,18H,9H2,1-3H3/t14-/m0/s1. The average molecular weight is 330 g/mol. The lowest BCUT2D eigenvalue weighted by Gasteiger charge is -2.16. The topological polar surface area (TPSA) is 78.2 Å². The zero-order valence-corrected chi connectivity index (χ0v) is 14.1. The number of hydrogen-bond acceptors (Lipinski definition) is 7. The van der Waals surface area contributed by atoms with Crippen LogP contribution in [0.3, 0.4) is 0 Å². The van der Waals surface area contributed by atoms with E-state index in [4.69, 9.17) is 10.00 Å². The van der Waals surface area contributed by atoms with E-state index in [-0.39, 0.29) is 0 Å². The second-order valence-electron chi connectivity index (χ2n) is 5.09. The Hall–Kier alpha value is -2.43. The van der Waals surface area contributed by atoms with Crippen LogP contribution in [-0.2, 0) is 16.1 Å². The molecule has 0 saturated heterocycles. The molecule has 1 heterocycles. The second-order valence-corrected chi connectivity index (χ2v) is 5.93. The Labute approximate surface area is 139 Å². The van der Waals surface area contributed by atoms with Crippen molar-refractivity contribution < 1.29 is 9.53 Å². The van der Waals surface area contributed by atoms with Crippen LogP contribution in [0.25, 0.3) is 0 Å². The molecule has 23 heavy (non-hydrogen) atoms. The molecule has 0 radical (unpaired) electrons. The number of thiazole rings is 1. The van der Waals surface area contributed by atoms with Crippen LogP contribution in [0.5, 0.6) is 0 Å². The summed E-state index contributed by atoms with van der Waals surface area (Å²) in [5, 5.41) is 15.0. The van der Waals surface area contributed by atoms with Crippen LogP contribution in [0.15, 0.2) is 29.6 Å². The zero-order chi connectivity index (χ0) is 16.8. The third-order valence-electron chi connectivity index (χ3n) is 3.20. The first kappa shape index (κ1) is 16.9. The van der Waals surface area contributed by atoms with Crippen molar-refractivity contribution in [2.24, 2.45) is 0 Å². The number of rotatable bonds is 6. The number of anilines is 1. The van der Waals surface area contributed by atoms with E-state index in [0.717, 1.165) is 10.8 Å². The van der Waals surface area contributed by atoms with Gasteiger partial charge in [0.2, 0.25) is 0 Å². The van der Waals surface area contributed by atoms with Crippen LogP contribution in [-0.4, -0.2) is 32.2 Å². The minimum absolute atomic E-state index is 0.400. The van der Waals surface area contributed by atoms with Crippen LogP contribution >= 0.6 is 11.3 Å². The Bertz CT molecular complexity index is 721. The number of carbonyl (C=O) groups is 1. The normalized spacial score (nSPS) is 11.6. The van der Waals surface area contributed by atoms with Gasteiger partial charge in [-0.25, -0.2) is 9.78 Å². The van der Waals surface area contributed by atoms with Gasteiger partial charge in [-0.05, 0) is 17.7 Å². The number of nitrogens with zero attached hydrogens (tertiary/aromatic N) is 3. The Morgan fingerprint density at radius 1 is 1.52 bits per heavy atom. The second kappa shape index (κ2) is 7.72. The van der Waals surface area contributed by atoms with Gasteiger partial charge in [0.05, 0.1) is 24.4 Å². The number of esters is 1. The lowest BCUT2D eigenvalue weighted by atomic mass is 10.0. The molecular formula is C16H18N4O2S. The summed E-state index contributed by atoms with van der Waals surface area (Å²) in [4.78, 5) is 18.5. The molecule has 2 rings (SSSR count). The minimum Gasteiger partial charge on any atom is -0.468 e. The van der Waals surface area contributed by atoms with E-state index in [0.29, 0.717) is 17.7 Å². The lowest BCUT2D eigenvalue weighted by molar-refractivity contribution is -0.143. The monoisotopic (exact) mass is 330 g/mol. The molecular weight excluding hydrogens is 312 g/mol. The third kappa shape index (κ3) is 4.28. The first-order valence-electron chi connectivity index (χ1n) is 6.98. The Morgan fingerprint density at radius 2 is 2.30 bits per heavy atom. The molecule has 0 spiro atoms. The largest absolute Gasteiger partial charge is 0.468 e. The van der Waals surface area contributed by atoms with Crippen LogP contribution in [0, 0.1) is 11.3 Å². The molecule has 6 nitrogen and oxygen atoms in total. The van der Waals surface area contributed by atoms with Crippen LogP contribution < -0.4 is 10.2 Å². The molecule has 1 aromatic carbocycles. The maximum atomic E-state index is 12.1. The van der Waals surface area contributed by atoms with Gasteiger partial charge in [-0.1, -0.05) is 12.1 Å². The Morgan fingerprint density at radius 3 is 2.91 bits per heavy atom. The number of benzene rings is 1. The van der Waals surface area contributed by atoms with E-state index in [1.807, 2.05) is 24.4 Å². The van der Waals surface area contributed by atoms with Gasteiger partial charge in [-0.15, -0.1) is 11.3 Å². The predicted octanol–water partition coefficient (Wildman–Crippen LogP) is 2.08. The fourth-order valence-electron chi connectivity index (χ4n) is 2.03. The summed E-state index contributed by atoms with van der Waals surface area (Å²) >= 11 is 1.54. The number of nitriles is 1. The number of hydrogen-bond donors (Lipinski definition) is 1. The van der Waals surface area contributed by atoms with E-state index in [1.165, 1.54) is 7.11 Å². The smallest absolute Gasteiger partial charge is 0.327 e. The molecule has 0 bridgehead atoms. The van der Waals surface area contributed by atoms with Gasteiger partial charge >= 0.3 is 5.97 Å². The molecule has 1 aromatic heterocycles. The van der Waals surface area contributed by atoms with Crippen molar-refractivity contribution in [2.45, 2.75) is 12.6 Å². The third-order valence-corrected chi connectivity index (χ3v) is 4.25. The average Bonchev–Trinajstić information content (AvgIpc) is 3.04. The Kier molecular flexibility index (Phi) is 5.68. The number of aromatic nitrogens is 1. The first-order chi connectivity index (χ1) is 11.0. The molecule has 1 N–H and O–H groups in total. The van der Waals surface area contributed by atoms with Crippen molar-refractivity contribution >= 4 is 22.4 Å². The lowest BCUT2D eigenvalue weighted by Crippen LogP contribution is -2.29. The first-order valence-corrected chi connectivity index (χ1v) is 7.86. The minimum atomic E-state index is -0.641. The molecule has 0 amide bonds. The van der Waals surface area contributed by atoms with Gasteiger partial charge in [0.1, 0.15) is 6.04 Å². The number of nitrogens with one attached hydrogen (secondary N) is 1. The van der Waals surface area contributed by atoms with E-state index < -0.39 is 12.0 Å². The fraction of sp³-hybridized carbons (Fsp3) is 0.312. The number of ether oxygens (including phenoxy) is 1. The van der Waals surface area contributed by atoms with Crippen molar-refractivity contribution in [3.05, 3.63) is 46.5 Å². The van der Waals surface area contributed by atoms with Crippen LogP contribution in [0.4, 0.5) is 5.13 Å².